The molecule has 0 aliphatic heterocycles. The van der Waals surface area contributed by atoms with E-state index in [-0.39, 0.29) is 0 Å². The molecule has 6 heteroatoms. The van der Waals surface area contributed by atoms with Gasteiger partial charge in [0, 0.05) is 7.11 Å². The summed E-state index contributed by atoms with van der Waals surface area (Å²) in [5.41, 5.74) is 0.911. The molecule has 2 aromatic heterocycles. The van der Waals surface area contributed by atoms with Crippen molar-refractivity contribution in [2.24, 2.45) is 0 Å². The van der Waals surface area contributed by atoms with E-state index in [0.717, 1.165) is 5.69 Å². The van der Waals surface area contributed by atoms with Crippen LogP contribution < -0.4 is 0 Å². The number of hydrogen-bond acceptors (Lipinski definition) is 4. The molecule has 16 heavy (non-hydrogen) atoms. The Hall–Kier alpha value is -1.20. The van der Waals surface area contributed by atoms with Gasteiger partial charge in [-0.3, -0.25) is 0 Å². The Kier molecular flexibility index (Phi) is 3.07. The van der Waals surface area contributed by atoms with Crippen molar-refractivity contribution in [1.29, 1.82) is 0 Å². The third-order valence-electron chi connectivity index (χ3n) is 2.20. The molecule has 0 spiro atoms. The zero-order valence-electron chi connectivity index (χ0n) is 9.44. The molecule has 2 aromatic rings. The molecule has 0 amide bonds. The first kappa shape index (κ1) is 11.3. The van der Waals surface area contributed by atoms with E-state index in [1.54, 1.807) is 7.11 Å². The number of halogens is 1. The summed E-state index contributed by atoms with van der Waals surface area (Å²) >= 11 is 6.10. The van der Waals surface area contributed by atoms with Gasteiger partial charge in [0.2, 0.25) is 0 Å². The molecule has 2 rings (SSSR count). The van der Waals surface area contributed by atoms with Crippen LogP contribution in [0.1, 0.15) is 31.3 Å². The highest BCUT2D eigenvalue weighted by Crippen LogP contribution is 2.18. The Morgan fingerprint density at radius 3 is 2.81 bits per heavy atom. The van der Waals surface area contributed by atoms with Gasteiger partial charge in [-0.2, -0.15) is 9.50 Å². The zero-order valence-corrected chi connectivity index (χ0v) is 10.2. The summed E-state index contributed by atoms with van der Waals surface area (Å²) in [6.07, 6.45) is 0. The molecule has 0 saturated heterocycles. The molecule has 86 valence electrons. The van der Waals surface area contributed by atoms with Gasteiger partial charge in [0.15, 0.2) is 5.82 Å². The lowest BCUT2D eigenvalue weighted by atomic mass is 10.1. The van der Waals surface area contributed by atoms with Gasteiger partial charge in [-0.25, -0.2) is 4.98 Å². The second-order valence-electron chi connectivity index (χ2n) is 3.83. The quantitative estimate of drug-likeness (QED) is 0.771. The Balaban J connectivity index is 2.54. The maximum Gasteiger partial charge on any atom is 0.254 e. The molecule has 2 heterocycles. The number of ether oxygens (including phenoxy) is 1. The molecule has 0 aliphatic rings. The van der Waals surface area contributed by atoms with E-state index >= 15 is 0 Å². The first-order valence-electron chi connectivity index (χ1n) is 5.03. The second-order valence-corrected chi connectivity index (χ2v) is 4.22. The van der Waals surface area contributed by atoms with Crippen molar-refractivity contribution in [3.8, 4) is 0 Å². The third-order valence-corrected chi connectivity index (χ3v) is 2.47. The lowest BCUT2D eigenvalue weighted by Gasteiger charge is -2.04. The van der Waals surface area contributed by atoms with Crippen LogP contribution in [0.4, 0.5) is 0 Å². The van der Waals surface area contributed by atoms with Crippen LogP contribution >= 0.6 is 11.6 Å². The highest BCUT2D eigenvalue weighted by Gasteiger charge is 2.11. The minimum absolute atomic E-state index is 0.310. The van der Waals surface area contributed by atoms with Crippen molar-refractivity contribution in [2.75, 3.05) is 7.11 Å². The van der Waals surface area contributed by atoms with Gasteiger partial charge in [-0.15, -0.1) is 5.10 Å². The van der Waals surface area contributed by atoms with Crippen molar-refractivity contribution < 1.29 is 4.74 Å². The third kappa shape index (κ3) is 2.01. The van der Waals surface area contributed by atoms with E-state index in [1.807, 2.05) is 6.07 Å². The molecular formula is C10H13ClN4O. The number of methoxy groups -OCH3 is 1. The highest BCUT2D eigenvalue weighted by molar-refractivity contribution is 6.29. The average molecular weight is 241 g/mol. The van der Waals surface area contributed by atoms with E-state index in [2.05, 4.69) is 28.9 Å². The van der Waals surface area contributed by atoms with Crippen molar-refractivity contribution in [1.82, 2.24) is 19.6 Å². The SMILES string of the molecule is COCc1nc2nc(C(C)C)cc(Cl)n2n1. The number of aromatic nitrogens is 4. The lowest BCUT2D eigenvalue weighted by Crippen LogP contribution is -1.99. The average Bonchev–Trinajstić information content (AvgIpc) is 2.61. The van der Waals surface area contributed by atoms with Crippen LogP contribution in [0.3, 0.4) is 0 Å². The van der Waals surface area contributed by atoms with E-state index in [0.29, 0.717) is 29.3 Å². The Morgan fingerprint density at radius 2 is 2.19 bits per heavy atom. The molecule has 5 nitrogen and oxygen atoms in total. The number of nitrogens with zero attached hydrogens (tertiary/aromatic N) is 4. The number of fused-ring (bicyclic) bond motifs is 1. The molecule has 0 aliphatic carbocycles. The summed E-state index contributed by atoms with van der Waals surface area (Å²) in [5.74, 6) is 1.41. The van der Waals surface area contributed by atoms with Gasteiger partial charge in [-0.1, -0.05) is 25.4 Å². The van der Waals surface area contributed by atoms with Gasteiger partial charge in [0.05, 0.1) is 5.69 Å². The maximum atomic E-state index is 6.10. The predicted molar refractivity (Wildman–Crippen MR) is 60.6 cm³/mol. The van der Waals surface area contributed by atoms with Gasteiger partial charge >= 0.3 is 0 Å². The van der Waals surface area contributed by atoms with E-state index in [4.69, 9.17) is 16.3 Å². The Labute approximate surface area is 98.4 Å². The molecule has 0 saturated carbocycles. The van der Waals surface area contributed by atoms with Crippen LogP contribution in [0.5, 0.6) is 0 Å². The second kappa shape index (κ2) is 4.35. The molecule has 0 radical (unpaired) electrons. The smallest absolute Gasteiger partial charge is 0.254 e. The fourth-order valence-electron chi connectivity index (χ4n) is 1.38. The molecular weight excluding hydrogens is 228 g/mol. The summed E-state index contributed by atoms with van der Waals surface area (Å²) < 4.78 is 6.48. The molecule has 0 bridgehead atoms. The van der Waals surface area contributed by atoms with Gasteiger partial charge in [-0.05, 0) is 12.0 Å². The normalized spacial score (nSPS) is 11.6. The van der Waals surface area contributed by atoms with Crippen LogP contribution in [0.25, 0.3) is 5.78 Å². The minimum Gasteiger partial charge on any atom is -0.377 e. The standard InChI is InChI=1S/C10H13ClN4O/c1-6(2)7-4-8(11)15-10(12-7)13-9(14-15)5-16-3/h4,6H,5H2,1-3H3. The summed E-state index contributed by atoms with van der Waals surface area (Å²) in [7, 11) is 1.60. The molecule has 0 aromatic carbocycles. The van der Waals surface area contributed by atoms with Crippen LogP contribution in [0.15, 0.2) is 6.07 Å². The molecule has 0 N–H and O–H groups in total. The highest BCUT2D eigenvalue weighted by atomic mass is 35.5. The van der Waals surface area contributed by atoms with E-state index < -0.39 is 0 Å². The maximum absolute atomic E-state index is 6.10. The lowest BCUT2D eigenvalue weighted by molar-refractivity contribution is 0.178. The minimum atomic E-state index is 0.310. The zero-order chi connectivity index (χ0) is 11.7. The van der Waals surface area contributed by atoms with Crippen molar-refractivity contribution in [3.05, 3.63) is 22.7 Å². The Morgan fingerprint density at radius 1 is 1.44 bits per heavy atom. The molecule has 0 unspecified atom stereocenters. The van der Waals surface area contributed by atoms with Crippen LogP contribution in [-0.4, -0.2) is 26.7 Å². The summed E-state index contributed by atoms with van der Waals surface area (Å²) in [6.45, 7) is 4.47. The summed E-state index contributed by atoms with van der Waals surface area (Å²) in [4.78, 5) is 8.63. The van der Waals surface area contributed by atoms with Gasteiger partial charge in [0.1, 0.15) is 11.8 Å². The largest absolute Gasteiger partial charge is 0.377 e. The van der Waals surface area contributed by atoms with Crippen molar-refractivity contribution in [2.45, 2.75) is 26.4 Å². The first-order valence-corrected chi connectivity index (χ1v) is 5.40. The number of rotatable bonds is 3. The summed E-state index contributed by atoms with van der Waals surface area (Å²) in [5, 5.41) is 4.71. The van der Waals surface area contributed by atoms with E-state index in [9.17, 15) is 0 Å². The van der Waals surface area contributed by atoms with Crippen LogP contribution in [0, 0.1) is 0 Å². The van der Waals surface area contributed by atoms with Crippen molar-refractivity contribution >= 4 is 17.4 Å². The monoisotopic (exact) mass is 240 g/mol. The van der Waals surface area contributed by atoms with Gasteiger partial charge < -0.3 is 4.74 Å². The fourth-order valence-corrected chi connectivity index (χ4v) is 1.60. The Bertz CT molecular complexity index is 509. The molecule has 0 fully saturated rings. The summed E-state index contributed by atoms with van der Waals surface area (Å²) in [6, 6.07) is 1.81. The van der Waals surface area contributed by atoms with Gasteiger partial charge in [0.25, 0.3) is 5.78 Å². The van der Waals surface area contributed by atoms with E-state index in [1.165, 1.54) is 4.52 Å². The topological polar surface area (TPSA) is 52.3 Å². The first-order chi connectivity index (χ1) is 7.61. The van der Waals surface area contributed by atoms with Crippen LogP contribution in [-0.2, 0) is 11.3 Å². The fraction of sp³-hybridized carbons (Fsp3) is 0.500. The number of hydrogen-bond donors (Lipinski definition) is 0. The molecule has 0 atom stereocenters. The van der Waals surface area contributed by atoms with Crippen molar-refractivity contribution in [3.63, 3.8) is 0 Å². The van der Waals surface area contributed by atoms with Crippen LogP contribution in [0.2, 0.25) is 5.15 Å². The predicted octanol–water partition coefficient (Wildman–Crippen LogP) is 2.05.